The van der Waals surface area contributed by atoms with E-state index in [9.17, 15) is 8.42 Å². The molecule has 0 amide bonds. The maximum atomic E-state index is 12.5. The third-order valence-electron chi connectivity index (χ3n) is 3.00. The van der Waals surface area contributed by atoms with E-state index in [4.69, 9.17) is 5.26 Å². The van der Waals surface area contributed by atoms with Crippen LogP contribution in [0.2, 0.25) is 0 Å². The monoisotopic (exact) mass is 301 g/mol. The molecule has 0 bridgehead atoms. The quantitative estimate of drug-likeness (QED) is 0.866. The van der Waals surface area contributed by atoms with Gasteiger partial charge in [0.1, 0.15) is 0 Å². The van der Waals surface area contributed by atoms with Crippen LogP contribution in [0.5, 0.6) is 0 Å². The van der Waals surface area contributed by atoms with Crippen molar-refractivity contribution >= 4 is 10.0 Å². The number of hydrogen-bond acceptors (Lipinski definition) is 4. The molecule has 0 N–H and O–H groups in total. The first-order valence-corrected chi connectivity index (χ1v) is 7.76. The maximum absolute atomic E-state index is 12.5. The average molecular weight is 301 g/mol. The standard InChI is InChI=1S/C15H15N3O2S/c1-12-5-3-7-14(17-12)11-18(2)21(19,20)15-8-4-6-13(9-15)10-16/h3-9H,11H2,1-2H3. The normalized spacial score (nSPS) is 11.3. The highest BCUT2D eigenvalue weighted by Crippen LogP contribution is 2.17. The Hall–Kier alpha value is -2.23. The molecule has 6 heteroatoms. The summed E-state index contributed by atoms with van der Waals surface area (Å²) in [6.07, 6.45) is 0. The fourth-order valence-corrected chi connectivity index (χ4v) is 3.10. The van der Waals surface area contributed by atoms with Gasteiger partial charge in [-0.3, -0.25) is 4.98 Å². The Morgan fingerprint density at radius 3 is 2.62 bits per heavy atom. The van der Waals surface area contributed by atoms with E-state index in [0.717, 1.165) is 5.69 Å². The van der Waals surface area contributed by atoms with Crippen molar-refractivity contribution in [3.05, 3.63) is 59.4 Å². The van der Waals surface area contributed by atoms with Gasteiger partial charge in [0.05, 0.1) is 28.8 Å². The minimum atomic E-state index is -3.64. The summed E-state index contributed by atoms with van der Waals surface area (Å²) in [5, 5.41) is 8.86. The van der Waals surface area contributed by atoms with Crippen molar-refractivity contribution in [1.82, 2.24) is 9.29 Å². The molecule has 0 radical (unpaired) electrons. The van der Waals surface area contributed by atoms with Crippen LogP contribution in [0.1, 0.15) is 17.0 Å². The summed E-state index contributed by atoms with van der Waals surface area (Å²) in [5.74, 6) is 0. The van der Waals surface area contributed by atoms with E-state index in [0.29, 0.717) is 11.3 Å². The summed E-state index contributed by atoms with van der Waals surface area (Å²) >= 11 is 0. The lowest BCUT2D eigenvalue weighted by Crippen LogP contribution is -2.27. The Morgan fingerprint density at radius 2 is 1.95 bits per heavy atom. The topological polar surface area (TPSA) is 74.1 Å². The predicted molar refractivity (Wildman–Crippen MR) is 78.8 cm³/mol. The second kappa shape index (κ2) is 6.04. The maximum Gasteiger partial charge on any atom is 0.243 e. The molecule has 0 aliphatic heterocycles. The van der Waals surface area contributed by atoms with Crippen LogP contribution in [-0.2, 0) is 16.6 Å². The molecule has 0 aliphatic carbocycles. The molecule has 0 saturated carbocycles. The second-order valence-electron chi connectivity index (χ2n) is 4.67. The van der Waals surface area contributed by atoms with Crippen molar-refractivity contribution in [3.8, 4) is 6.07 Å². The van der Waals surface area contributed by atoms with Crippen LogP contribution in [0, 0.1) is 18.3 Å². The van der Waals surface area contributed by atoms with Crippen LogP contribution in [0.25, 0.3) is 0 Å². The van der Waals surface area contributed by atoms with E-state index in [1.807, 2.05) is 25.1 Å². The van der Waals surface area contributed by atoms with Gasteiger partial charge in [-0.25, -0.2) is 8.42 Å². The van der Waals surface area contributed by atoms with E-state index in [2.05, 4.69) is 4.98 Å². The molecule has 0 saturated heterocycles. The number of rotatable bonds is 4. The first-order chi connectivity index (χ1) is 9.93. The lowest BCUT2D eigenvalue weighted by Gasteiger charge is -2.17. The van der Waals surface area contributed by atoms with Crippen molar-refractivity contribution in [2.24, 2.45) is 0 Å². The van der Waals surface area contributed by atoms with E-state index in [1.165, 1.54) is 23.5 Å². The summed E-state index contributed by atoms with van der Waals surface area (Å²) in [5.41, 5.74) is 1.83. The van der Waals surface area contributed by atoms with Crippen LogP contribution >= 0.6 is 0 Å². The molecule has 0 unspecified atom stereocenters. The van der Waals surface area contributed by atoms with Gasteiger partial charge >= 0.3 is 0 Å². The number of nitrogens with zero attached hydrogens (tertiary/aromatic N) is 3. The number of pyridine rings is 1. The number of hydrogen-bond donors (Lipinski definition) is 0. The molecule has 1 heterocycles. The second-order valence-corrected chi connectivity index (χ2v) is 6.72. The zero-order valence-corrected chi connectivity index (χ0v) is 12.6. The van der Waals surface area contributed by atoms with Crippen LogP contribution in [0.4, 0.5) is 0 Å². The Labute approximate surface area is 124 Å². The van der Waals surface area contributed by atoms with Crippen LogP contribution in [0.3, 0.4) is 0 Å². The third kappa shape index (κ3) is 3.45. The van der Waals surface area contributed by atoms with E-state index >= 15 is 0 Å². The van der Waals surface area contributed by atoms with Crippen molar-refractivity contribution in [2.75, 3.05) is 7.05 Å². The number of aryl methyl sites for hydroxylation is 1. The van der Waals surface area contributed by atoms with Crippen molar-refractivity contribution in [3.63, 3.8) is 0 Å². The minimum absolute atomic E-state index is 0.108. The fourth-order valence-electron chi connectivity index (χ4n) is 1.91. The van der Waals surface area contributed by atoms with Gasteiger partial charge in [-0.1, -0.05) is 12.1 Å². The molecule has 0 fully saturated rings. The third-order valence-corrected chi connectivity index (χ3v) is 4.80. The van der Waals surface area contributed by atoms with Crippen molar-refractivity contribution in [1.29, 1.82) is 5.26 Å². The summed E-state index contributed by atoms with van der Waals surface area (Å²) in [6.45, 7) is 2.04. The van der Waals surface area contributed by atoms with Gasteiger partial charge < -0.3 is 0 Å². The van der Waals surface area contributed by atoms with Crippen molar-refractivity contribution in [2.45, 2.75) is 18.4 Å². The first kappa shape index (κ1) is 15.2. The molecular formula is C15H15N3O2S. The van der Waals surface area contributed by atoms with Gasteiger partial charge in [0.25, 0.3) is 0 Å². The largest absolute Gasteiger partial charge is 0.257 e. The summed E-state index contributed by atoms with van der Waals surface area (Å²) in [4.78, 5) is 4.40. The van der Waals surface area contributed by atoms with Crippen LogP contribution in [-0.4, -0.2) is 24.8 Å². The Kier molecular flexibility index (Phi) is 4.36. The molecule has 21 heavy (non-hydrogen) atoms. The molecule has 2 aromatic rings. The highest BCUT2D eigenvalue weighted by Gasteiger charge is 2.21. The number of aromatic nitrogens is 1. The molecule has 5 nitrogen and oxygen atoms in total. The van der Waals surface area contributed by atoms with Gasteiger partial charge in [-0.2, -0.15) is 9.57 Å². The lowest BCUT2D eigenvalue weighted by molar-refractivity contribution is 0.462. The van der Waals surface area contributed by atoms with E-state index in [-0.39, 0.29) is 11.4 Å². The number of benzene rings is 1. The molecule has 1 aromatic heterocycles. The lowest BCUT2D eigenvalue weighted by atomic mass is 10.2. The van der Waals surface area contributed by atoms with E-state index < -0.39 is 10.0 Å². The van der Waals surface area contributed by atoms with Gasteiger partial charge in [0, 0.05) is 12.7 Å². The Balaban J connectivity index is 2.28. The molecule has 1 aromatic carbocycles. The molecule has 2 rings (SSSR count). The van der Waals surface area contributed by atoms with E-state index in [1.54, 1.807) is 18.2 Å². The summed E-state index contributed by atoms with van der Waals surface area (Å²) in [7, 11) is -2.14. The predicted octanol–water partition coefficient (Wildman–Crippen LogP) is 2.08. The van der Waals surface area contributed by atoms with Crippen molar-refractivity contribution < 1.29 is 8.42 Å². The zero-order valence-electron chi connectivity index (χ0n) is 11.8. The smallest absolute Gasteiger partial charge is 0.243 e. The fraction of sp³-hybridized carbons (Fsp3) is 0.200. The molecule has 108 valence electrons. The van der Waals surface area contributed by atoms with Gasteiger partial charge in [-0.05, 0) is 37.3 Å². The highest BCUT2D eigenvalue weighted by atomic mass is 32.2. The summed E-state index contributed by atoms with van der Waals surface area (Å²) in [6, 6.07) is 13.4. The van der Waals surface area contributed by atoms with Gasteiger partial charge in [0.2, 0.25) is 10.0 Å². The van der Waals surface area contributed by atoms with Gasteiger partial charge in [0.15, 0.2) is 0 Å². The SMILES string of the molecule is Cc1cccc(CN(C)S(=O)(=O)c2cccc(C#N)c2)n1. The first-order valence-electron chi connectivity index (χ1n) is 6.32. The summed E-state index contributed by atoms with van der Waals surface area (Å²) < 4.78 is 26.2. The molecular weight excluding hydrogens is 286 g/mol. The van der Waals surface area contributed by atoms with Crippen LogP contribution in [0.15, 0.2) is 47.4 Å². The average Bonchev–Trinajstić information content (AvgIpc) is 2.47. The number of sulfonamides is 1. The minimum Gasteiger partial charge on any atom is -0.257 e. The Morgan fingerprint density at radius 1 is 1.24 bits per heavy atom. The number of nitriles is 1. The van der Waals surface area contributed by atoms with Crippen LogP contribution < -0.4 is 0 Å². The highest BCUT2D eigenvalue weighted by molar-refractivity contribution is 7.89. The van der Waals surface area contributed by atoms with Gasteiger partial charge in [-0.15, -0.1) is 0 Å². The zero-order chi connectivity index (χ0) is 15.5. The Bertz CT molecular complexity index is 795. The molecule has 0 spiro atoms. The molecule has 0 atom stereocenters. The molecule has 0 aliphatic rings.